The average molecular weight is 230 g/mol. The van der Waals surface area contributed by atoms with Crippen LogP contribution in [0.3, 0.4) is 0 Å². The smallest absolute Gasteiger partial charge is 0.261 e. The Bertz CT molecular complexity index is 568. The van der Waals surface area contributed by atoms with Crippen LogP contribution in [0, 0.1) is 0 Å². The largest absolute Gasteiger partial charge is 0.386 e. The molecule has 0 fully saturated rings. The van der Waals surface area contributed by atoms with Crippen LogP contribution in [0.25, 0.3) is 5.69 Å². The Balaban J connectivity index is 2.63. The monoisotopic (exact) mass is 230 g/mol. The molecule has 0 saturated carbocycles. The van der Waals surface area contributed by atoms with Gasteiger partial charge in [-0.05, 0) is 38.1 Å². The molecular weight excluding hydrogens is 216 g/mol. The molecule has 0 atom stereocenters. The fourth-order valence-electron chi connectivity index (χ4n) is 1.66. The molecule has 2 rings (SSSR count). The van der Waals surface area contributed by atoms with E-state index < -0.39 is 5.60 Å². The zero-order chi connectivity index (χ0) is 12.5. The van der Waals surface area contributed by atoms with E-state index in [-0.39, 0.29) is 5.56 Å². The maximum absolute atomic E-state index is 12.2. The van der Waals surface area contributed by atoms with Gasteiger partial charge in [0, 0.05) is 18.0 Å². The van der Waals surface area contributed by atoms with Crippen molar-refractivity contribution in [2.24, 2.45) is 0 Å². The molecule has 0 unspecified atom stereocenters. The van der Waals surface area contributed by atoms with Gasteiger partial charge < -0.3 is 5.11 Å². The van der Waals surface area contributed by atoms with Crippen LogP contribution in [0.1, 0.15) is 19.4 Å². The zero-order valence-electron chi connectivity index (χ0n) is 9.79. The summed E-state index contributed by atoms with van der Waals surface area (Å²) in [7, 11) is 0. The molecule has 17 heavy (non-hydrogen) atoms. The van der Waals surface area contributed by atoms with Crippen molar-refractivity contribution in [3.8, 4) is 5.69 Å². The second kappa shape index (κ2) is 4.14. The number of nitrogens with zero attached hydrogens (tertiary/aromatic N) is 2. The van der Waals surface area contributed by atoms with Gasteiger partial charge in [-0.3, -0.25) is 14.3 Å². The van der Waals surface area contributed by atoms with Crippen LogP contribution < -0.4 is 5.56 Å². The van der Waals surface area contributed by atoms with Crippen molar-refractivity contribution in [2.45, 2.75) is 19.4 Å². The summed E-state index contributed by atoms with van der Waals surface area (Å²) in [6, 6.07) is 6.93. The second-order valence-electron chi connectivity index (χ2n) is 4.37. The summed E-state index contributed by atoms with van der Waals surface area (Å²) < 4.78 is 1.47. The summed E-state index contributed by atoms with van der Waals surface area (Å²) in [6.07, 6.45) is 4.92. The van der Waals surface area contributed by atoms with Crippen molar-refractivity contribution >= 4 is 0 Å². The molecule has 0 aromatic carbocycles. The second-order valence-corrected chi connectivity index (χ2v) is 4.37. The van der Waals surface area contributed by atoms with Gasteiger partial charge in [-0.25, -0.2) is 0 Å². The average Bonchev–Trinajstić information content (AvgIpc) is 2.29. The van der Waals surface area contributed by atoms with Gasteiger partial charge in [-0.2, -0.15) is 0 Å². The van der Waals surface area contributed by atoms with Crippen LogP contribution >= 0.6 is 0 Å². The van der Waals surface area contributed by atoms with E-state index in [0.29, 0.717) is 11.3 Å². The Morgan fingerprint density at radius 2 is 2.06 bits per heavy atom. The molecule has 0 radical (unpaired) electrons. The highest BCUT2D eigenvalue weighted by Crippen LogP contribution is 2.15. The van der Waals surface area contributed by atoms with E-state index in [2.05, 4.69) is 4.98 Å². The standard InChI is InChI=1S/C13H14N2O2/c1-13(2,17)11-6-4-8-15(12(11)16)10-5-3-7-14-9-10/h3-9,17H,1-2H3. The highest BCUT2D eigenvalue weighted by atomic mass is 16.3. The Morgan fingerprint density at radius 1 is 1.29 bits per heavy atom. The number of aromatic nitrogens is 2. The van der Waals surface area contributed by atoms with Gasteiger partial charge in [0.15, 0.2) is 0 Å². The lowest BCUT2D eigenvalue weighted by atomic mass is 10.0. The Hall–Kier alpha value is -1.94. The topological polar surface area (TPSA) is 55.1 Å². The van der Waals surface area contributed by atoms with Crippen LogP contribution in [0.15, 0.2) is 47.7 Å². The van der Waals surface area contributed by atoms with Gasteiger partial charge >= 0.3 is 0 Å². The molecule has 4 heteroatoms. The maximum atomic E-state index is 12.2. The number of rotatable bonds is 2. The molecule has 0 aliphatic rings. The Labute approximate surface area is 99.2 Å². The lowest BCUT2D eigenvalue weighted by molar-refractivity contribution is 0.0768. The fourth-order valence-corrected chi connectivity index (χ4v) is 1.66. The normalized spacial score (nSPS) is 11.5. The summed E-state index contributed by atoms with van der Waals surface area (Å²) in [6.45, 7) is 3.19. The van der Waals surface area contributed by atoms with Crippen LogP contribution in [0.5, 0.6) is 0 Å². The quantitative estimate of drug-likeness (QED) is 0.849. The first-order valence-corrected chi connectivity index (χ1v) is 5.35. The molecule has 0 aliphatic carbocycles. The number of pyridine rings is 2. The first-order valence-electron chi connectivity index (χ1n) is 5.35. The van der Waals surface area contributed by atoms with E-state index in [1.807, 2.05) is 0 Å². The lowest BCUT2D eigenvalue weighted by Gasteiger charge is -2.18. The molecule has 0 amide bonds. The van der Waals surface area contributed by atoms with E-state index in [1.165, 1.54) is 4.57 Å². The van der Waals surface area contributed by atoms with Gasteiger partial charge in [0.25, 0.3) is 5.56 Å². The summed E-state index contributed by atoms with van der Waals surface area (Å²) in [5.41, 5.74) is -0.331. The van der Waals surface area contributed by atoms with Crippen LogP contribution in [0.4, 0.5) is 0 Å². The molecule has 1 N–H and O–H groups in total. The molecule has 0 aliphatic heterocycles. The molecular formula is C13H14N2O2. The third-order valence-electron chi connectivity index (χ3n) is 2.53. The van der Waals surface area contributed by atoms with Crippen molar-refractivity contribution in [3.63, 3.8) is 0 Å². The van der Waals surface area contributed by atoms with Crippen molar-refractivity contribution < 1.29 is 5.11 Å². The van der Waals surface area contributed by atoms with Crippen molar-refractivity contribution in [1.82, 2.24) is 9.55 Å². The van der Waals surface area contributed by atoms with Gasteiger partial charge in [-0.15, -0.1) is 0 Å². The SMILES string of the molecule is CC(C)(O)c1cccn(-c2cccnc2)c1=O. The van der Waals surface area contributed by atoms with Gasteiger partial charge in [0.05, 0.1) is 17.5 Å². The summed E-state index contributed by atoms with van der Waals surface area (Å²) >= 11 is 0. The first-order chi connectivity index (χ1) is 8.00. The van der Waals surface area contributed by atoms with Gasteiger partial charge in [-0.1, -0.05) is 0 Å². The fraction of sp³-hybridized carbons (Fsp3) is 0.231. The third-order valence-corrected chi connectivity index (χ3v) is 2.53. The number of hydrogen-bond acceptors (Lipinski definition) is 3. The maximum Gasteiger partial charge on any atom is 0.261 e. The van der Waals surface area contributed by atoms with E-state index in [9.17, 15) is 9.90 Å². The predicted octanol–water partition coefficient (Wildman–Crippen LogP) is 1.46. The van der Waals surface area contributed by atoms with E-state index >= 15 is 0 Å². The van der Waals surface area contributed by atoms with Crippen LogP contribution in [-0.4, -0.2) is 14.7 Å². The molecule has 4 nitrogen and oxygen atoms in total. The molecule has 0 bridgehead atoms. The highest BCUT2D eigenvalue weighted by Gasteiger charge is 2.20. The minimum Gasteiger partial charge on any atom is -0.386 e. The summed E-state index contributed by atoms with van der Waals surface area (Å²) in [4.78, 5) is 16.2. The molecule has 2 aromatic rings. The minimum atomic E-state index is -1.15. The summed E-state index contributed by atoms with van der Waals surface area (Å²) in [5, 5.41) is 9.91. The van der Waals surface area contributed by atoms with Crippen LogP contribution in [0.2, 0.25) is 0 Å². The van der Waals surface area contributed by atoms with Gasteiger partial charge in [0.2, 0.25) is 0 Å². The Kier molecular flexibility index (Phi) is 2.81. The van der Waals surface area contributed by atoms with Crippen molar-refractivity contribution in [3.05, 3.63) is 58.8 Å². The molecule has 2 aromatic heterocycles. The van der Waals surface area contributed by atoms with Crippen LogP contribution in [-0.2, 0) is 5.60 Å². The predicted molar refractivity (Wildman–Crippen MR) is 65.1 cm³/mol. The van der Waals surface area contributed by atoms with E-state index in [4.69, 9.17) is 0 Å². The molecule has 0 saturated heterocycles. The minimum absolute atomic E-state index is 0.229. The highest BCUT2D eigenvalue weighted by molar-refractivity contribution is 5.30. The third kappa shape index (κ3) is 2.26. The number of aliphatic hydroxyl groups is 1. The first kappa shape index (κ1) is 11.5. The van der Waals surface area contributed by atoms with Gasteiger partial charge in [0.1, 0.15) is 0 Å². The molecule has 88 valence electrons. The Morgan fingerprint density at radius 3 is 2.65 bits per heavy atom. The lowest BCUT2D eigenvalue weighted by Crippen LogP contribution is -2.30. The molecule has 0 spiro atoms. The number of hydrogen-bond donors (Lipinski definition) is 1. The summed E-state index contributed by atoms with van der Waals surface area (Å²) in [5.74, 6) is 0. The van der Waals surface area contributed by atoms with E-state index in [0.717, 1.165) is 0 Å². The van der Waals surface area contributed by atoms with Crippen molar-refractivity contribution in [1.29, 1.82) is 0 Å². The molecule has 2 heterocycles. The van der Waals surface area contributed by atoms with Crippen molar-refractivity contribution in [2.75, 3.05) is 0 Å². The van der Waals surface area contributed by atoms with E-state index in [1.54, 1.807) is 56.7 Å². The zero-order valence-corrected chi connectivity index (χ0v) is 9.79.